The van der Waals surface area contributed by atoms with E-state index in [-0.39, 0.29) is 11.9 Å². The van der Waals surface area contributed by atoms with Crippen molar-refractivity contribution in [1.82, 2.24) is 5.32 Å². The molecule has 2 rings (SSSR count). The van der Waals surface area contributed by atoms with Crippen LogP contribution in [0.2, 0.25) is 0 Å². The van der Waals surface area contributed by atoms with Gasteiger partial charge in [0.05, 0.1) is 5.41 Å². The van der Waals surface area contributed by atoms with E-state index in [0.29, 0.717) is 13.2 Å². The summed E-state index contributed by atoms with van der Waals surface area (Å²) in [6.45, 7) is 5.54. The molecule has 0 unspecified atom stereocenters. The van der Waals surface area contributed by atoms with Gasteiger partial charge in [-0.2, -0.15) is 0 Å². The van der Waals surface area contributed by atoms with E-state index in [9.17, 15) is 4.79 Å². The van der Waals surface area contributed by atoms with Crippen LogP contribution in [0, 0.1) is 0 Å². The average molecular weight is 275 g/mol. The van der Waals surface area contributed by atoms with Crippen molar-refractivity contribution in [2.45, 2.75) is 51.0 Å². The van der Waals surface area contributed by atoms with E-state index in [2.05, 4.69) is 31.3 Å². The van der Waals surface area contributed by atoms with E-state index in [4.69, 9.17) is 4.74 Å². The molecule has 1 aliphatic rings. The summed E-state index contributed by atoms with van der Waals surface area (Å²) in [5, 5.41) is 3.20. The Balaban J connectivity index is 2.21. The van der Waals surface area contributed by atoms with Gasteiger partial charge in [0.2, 0.25) is 5.91 Å². The van der Waals surface area contributed by atoms with Crippen LogP contribution >= 0.6 is 0 Å². The summed E-state index contributed by atoms with van der Waals surface area (Å²) in [4.78, 5) is 12.8. The maximum absolute atomic E-state index is 12.8. The molecule has 1 amide bonds. The van der Waals surface area contributed by atoms with Gasteiger partial charge in [-0.1, -0.05) is 43.7 Å². The monoisotopic (exact) mass is 275 g/mol. The Morgan fingerprint density at radius 2 is 1.95 bits per heavy atom. The number of carbonyl (C=O) groups is 1. The predicted octanol–water partition coefficient (Wildman–Crippen LogP) is 3.04. The number of hydrogen-bond acceptors (Lipinski definition) is 2. The van der Waals surface area contributed by atoms with Crippen LogP contribution in [0.25, 0.3) is 0 Å². The third kappa shape index (κ3) is 3.21. The molecular weight excluding hydrogens is 250 g/mol. The van der Waals surface area contributed by atoms with Gasteiger partial charge in [0.15, 0.2) is 0 Å². The highest BCUT2D eigenvalue weighted by Crippen LogP contribution is 2.35. The molecule has 1 aliphatic heterocycles. The molecule has 3 nitrogen and oxygen atoms in total. The number of carbonyl (C=O) groups excluding carboxylic acids is 1. The van der Waals surface area contributed by atoms with Crippen molar-refractivity contribution in [2.24, 2.45) is 0 Å². The first-order chi connectivity index (χ1) is 9.69. The molecule has 110 valence electrons. The SMILES string of the molecule is CCC[C@H](C)NC(=O)C1(c2ccccc2)CCOCC1. The fraction of sp³-hybridized carbons (Fsp3) is 0.588. The second-order valence-electron chi connectivity index (χ2n) is 5.72. The maximum Gasteiger partial charge on any atom is 0.231 e. The number of benzene rings is 1. The van der Waals surface area contributed by atoms with Crippen LogP contribution in [-0.4, -0.2) is 25.2 Å². The Hall–Kier alpha value is -1.35. The van der Waals surface area contributed by atoms with Gasteiger partial charge in [-0.15, -0.1) is 0 Å². The van der Waals surface area contributed by atoms with Crippen LogP contribution in [0.5, 0.6) is 0 Å². The molecule has 3 heteroatoms. The zero-order chi connectivity index (χ0) is 14.4. The van der Waals surface area contributed by atoms with Crippen LogP contribution < -0.4 is 5.32 Å². The van der Waals surface area contributed by atoms with Gasteiger partial charge < -0.3 is 10.1 Å². The van der Waals surface area contributed by atoms with Gasteiger partial charge in [-0.05, 0) is 31.7 Å². The number of amides is 1. The molecule has 0 radical (unpaired) electrons. The highest BCUT2D eigenvalue weighted by Gasteiger charge is 2.41. The minimum Gasteiger partial charge on any atom is -0.381 e. The van der Waals surface area contributed by atoms with Gasteiger partial charge >= 0.3 is 0 Å². The molecule has 1 atom stereocenters. The van der Waals surface area contributed by atoms with Crippen LogP contribution in [0.3, 0.4) is 0 Å². The summed E-state index contributed by atoms with van der Waals surface area (Å²) in [6, 6.07) is 10.4. The fourth-order valence-corrected chi connectivity index (χ4v) is 2.99. The highest BCUT2D eigenvalue weighted by atomic mass is 16.5. The molecule has 0 bridgehead atoms. The first-order valence-electron chi connectivity index (χ1n) is 7.63. The van der Waals surface area contributed by atoms with Crippen molar-refractivity contribution >= 4 is 5.91 Å². The fourth-order valence-electron chi connectivity index (χ4n) is 2.99. The van der Waals surface area contributed by atoms with E-state index < -0.39 is 5.41 Å². The van der Waals surface area contributed by atoms with E-state index in [1.165, 1.54) is 0 Å². The summed E-state index contributed by atoms with van der Waals surface area (Å²) in [5.74, 6) is 0.160. The van der Waals surface area contributed by atoms with Crippen LogP contribution in [0.1, 0.15) is 45.1 Å². The molecule has 1 aromatic carbocycles. The van der Waals surface area contributed by atoms with Crippen molar-refractivity contribution in [1.29, 1.82) is 0 Å². The van der Waals surface area contributed by atoms with Gasteiger partial charge in [0.25, 0.3) is 0 Å². The largest absolute Gasteiger partial charge is 0.381 e. The summed E-state index contributed by atoms with van der Waals surface area (Å²) in [7, 11) is 0. The highest BCUT2D eigenvalue weighted by molar-refractivity contribution is 5.88. The van der Waals surface area contributed by atoms with Crippen molar-refractivity contribution in [3.05, 3.63) is 35.9 Å². The van der Waals surface area contributed by atoms with E-state index in [0.717, 1.165) is 31.2 Å². The first kappa shape index (κ1) is 15.0. The Kier molecular flexibility index (Phi) is 5.18. The van der Waals surface area contributed by atoms with Gasteiger partial charge in [0.1, 0.15) is 0 Å². The molecule has 1 N–H and O–H groups in total. The van der Waals surface area contributed by atoms with Crippen molar-refractivity contribution in [2.75, 3.05) is 13.2 Å². The van der Waals surface area contributed by atoms with Crippen molar-refractivity contribution in [3.8, 4) is 0 Å². The Bertz CT molecular complexity index is 424. The molecule has 1 saturated heterocycles. The lowest BCUT2D eigenvalue weighted by molar-refractivity contribution is -0.131. The molecule has 0 aliphatic carbocycles. The van der Waals surface area contributed by atoms with Gasteiger partial charge in [-0.3, -0.25) is 4.79 Å². The van der Waals surface area contributed by atoms with E-state index >= 15 is 0 Å². The Labute approximate surface area is 121 Å². The second-order valence-corrected chi connectivity index (χ2v) is 5.72. The smallest absolute Gasteiger partial charge is 0.231 e. The second kappa shape index (κ2) is 6.89. The van der Waals surface area contributed by atoms with E-state index in [1.54, 1.807) is 0 Å². The van der Waals surface area contributed by atoms with Crippen LogP contribution in [-0.2, 0) is 14.9 Å². The third-order valence-corrected chi connectivity index (χ3v) is 4.21. The minimum atomic E-state index is -0.415. The summed E-state index contributed by atoms with van der Waals surface area (Å²) < 4.78 is 5.47. The minimum absolute atomic E-state index is 0.160. The normalized spacial score (nSPS) is 19.3. The van der Waals surface area contributed by atoms with Gasteiger partial charge in [-0.25, -0.2) is 0 Å². The standard InChI is InChI=1S/C17H25NO2/c1-3-7-14(2)18-16(19)17(10-12-20-13-11-17)15-8-5-4-6-9-15/h4-6,8-9,14H,3,7,10-13H2,1-2H3,(H,18,19)/t14-/m0/s1. The van der Waals surface area contributed by atoms with Crippen LogP contribution in [0.15, 0.2) is 30.3 Å². The number of rotatable bonds is 5. The van der Waals surface area contributed by atoms with E-state index in [1.807, 2.05) is 18.2 Å². The molecule has 1 heterocycles. The zero-order valence-corrected chi connectivity index (χ0v) is 12.5. The van der Waals surface area contributed by atoms with Crippen molar-refractivity contribution < 1.29 is 9.53 Å². The topological polar surface area (TPSA) is 38.3 Å². The summed E-state index contributed by atoms with van der Waals surface area (Å²) >= 11 is 0. The molecule has 20 heavy (non-hydrogen) atoms. The molecular formula is C17H25NO2. The molecule has 0 spiro atoms. The van der Waals surface area contributed by atoms with Crippen molar-refractivity contribution in [3.63, 3.8) is 0 Å². The lowest BCUT2D eigenvalue weighted by atomic mass is 9.73. The lowest BCUT2D eigenvalue weighted by Gasteiger charge is -2.37. The van der Waals surface area contributed by atoms with Gasteiger partial charge in [0, 0.05) is 19.3 Å². The average Bonchev–Trinajstić information content (AvgIpc) is 2.49. The Morgan fingerprint density at radius 3 is 2.55 bits per heavy atom. The maximum atomic E-state index is 12.8. The molecule has 1 aromatic rings. The predicted molar refractivity (Wildman–Crippen MR) is 80.7 cm³/mol. The first-order valence-corrected chi connectivity index (χ1v) is 7.63. The number of ether oxygens (including phenoxy) is 1. The van der Waals surface area contributed by atoms with Crippen LogP contribution in [0.4, 0.5) is 0 Å². The summed E-state index contributed by atoms with van der Waals surface area (Å²) in [6.07, 6.45) is 3.64. The zero-order valence-electron chi connectivity index (χ0n) is 12.5. The quantitative estimate of drug-likeness (QED) is 0.897. The lowest BCUT2D eigenvalue weighted by Crippen LogP contribution is -2.50. The molecule has 1 fully saturated rings. The Morgan fingerprint density at radius 1 is 1.30 bits per heavy atom. The molecule has 0 aromatic heterocycles. The molecule has 0 saturated carbocycles. The number of nitrogens with one attached hydrogen (secondary N) is 1. The third-order valence-electron chi connectivity index (χ3n) is 4.21. The summed E-state index contributed by atoms with van der Waals surface area (Å²) in [5.41, 5.74) is 0.700. The number of hydrogen-bond donors (Lipinski definition) is 1.